The molecule has 0 aliphatic carbocycles. The molecule has 0 spiro atoms. The van der Waals surface area contributed by atoms with E-state index >= 15 is 0 Å². The first kappa shape index (κ1) is 12.4. The minimum atomic E-state index is -0.0773. The highest BCUT2D eigenvalue weighted by molar-refractivity contribution is 5.97. The molecule has 2 heterocycles. The number of fused-ring (bicyclic) bond motifs is 1. The Balaban J connectivity index is 1.98. The van der Waals surface area contributed by atoms with Crippen LogP contribution in [0.5, 0.6) is 5.75 Å². The van der Waals surface area contributed by atoms with E-state index in [1.807, 2.05) is 29.2 Å². The number of nitrogen functional groups attached to an aromatic ring is 1. The van der Waals surface area contributed by atoms with Crippen molar-refractivity contribution in [1.82, 2.24) is 9.97 Å². The van der Waals surface area contributed by atoms with Crippen molar-refractivity contribution in [2.45, 2.75) is 6.54 Å². The summed E-state index contributed by atoms with van der Waals surface area (Å²) in [4.78, 5) is 10.5. The lowest BCUT2D eigenvalue weighted by Crippen LogP contribution is -2.29. The third-order valence-electron chi connectivity index (χ3n) is 3.19. The molecule has 102 valence electrons. The van der Waals surface area contributed by atoms with Crippen molar-refractivity contribution in [3.05, 3.63) is 47.9 Å². The number of amidine groups is 1. The summed E-state index contributed by atoms with van der Waals surface area (Å²) in [5.74, 6) is 1.44. The molecule has 3 N–H and O–H groups in total. The van der Waals surface area contributed by atoms with E-state index in [1.165, 1.54) is 0 Å². The summed E-state index contributed by atoms with van der Waals surface area (Å²) < 4.78 is 5.73. The van der Waals surface area contributed by atoms with Gasteiger partial charge in [0.15, 0.2) is 5.82 Å². The Labute approximate surface area is 116 Å². The quantitative estimate of drug-likeness (QED) is 0.631. The van der Waals surface area contributed by atoms with Gasteiger partial charge in [0, 0.05) is 24.5 Å². The number of anilines is 1. The number of aromatic nitrogens is 2. The topological polar surface area (TPSA) is 88.1 Å². The van der Waals surface area contributed by atoms with Crippen LogP contribution < -0.4 is 15.4 Å². The summed E-state index contributed by atoms with van der Waals surface area (Å²) in [6.07, 6.45) is 3.15. The molecule has 0 radical (unpaired) electrons. The van der Waals surface area contributed by atoms with Gasteiger partial charge < -0.3 is 15.4 Å². The summed E-state index contributed by atoms with van der Waals surface area (Å²) in [6, 6.07) is 7.92. The van der Waals surface area contributed by atoms with E-state index < -0.39 is 0 Å². The lowest BCUT2D eigenvalue weighted by molar-refractivity contribution is 0.331. The van der Waals surface area contributed by atoms with E-state index in [9.17, 15) is 0 Å². The lowest BCUT2D eigenvalue weighted by Gasteiger charge is -2.22. The zero-order valence-corrected chi connectivity index (χ0v) is 10.9. The normalized spacial score (nSPS) is 14.1. The van der Waals surface area contributed by atoms with Gasteiger partial charge in [0.2, 0.25) is 0 Å². The van der Waals surface area contributed by atoms with Gasteiger partial charge in [-0.2, -0.15) is 0 Å². The number of nitrogens with one attached hydrogen (secondary N) is 1. The molecule has 1 aliphatic rings. The summed E-state index contributed by atoms with van der Waals surface area (Å²) >= 11 is 0. The fraction of sp³-hybridized carbons (Fsp3) is 0.214. The lowest BCUT2D eigenvalue weighted by atomic mass is 10.2. The first-order valence-electron chi connectivity index (χ1n) is 6.37. The Morgan fingerprint density at radius 3 is 2.90 bits per heavy atom. The van der Waals surface area contributed by atoms with Gasteiger partial charge in [-0.05, 0) is 6.07 Å². The van der Waals surface area contributed by atoms with Gasteiger partial charge in [-0.3, -0.25) is 5.41 Å². The molecule has 0 bridgehead atoms. The van der Waals surface area contributed by atoms with Crippen LogP contribution in [0.4, 0.5) is 5.82 Å². The smallest absolute Gasteiger partial charge is 0.158 e. The van der Waals surface area contributed by atoms with Gasteiger partial charge in [-0.15, -0.1) is 0 Å². The van der Waals surface area contributed by atoms with Gasteiger partial charge in [0.25, 0.3) is 0 Å². The molecule has 0 fully saturated rings. The molecule has 6 nitrogen and oxygen atoms in total. The van der Waals surface area contributed by atoms with Crippen LogP contribution in [0.3, 0.4) is 0 Å². The predicted octanol–water partition coefficient (Wildman–Crippen LogP) is 1.16. The van der Waals surface area contributed by atoms with Gasteiger partial charge in [0.1, 0.15) is 23.9 Å². The van der Waals surface area contributed by atoms with E-state index in [1.54, 1.807) is 12.4 Å². The molecule has 0 atom stereocenters. The molecule has 3 rings (SSSR count). The first-order valence-corrected chi connectivity index (χ1v) is 6.37. The number of nitrogens with zero attached hydrogens (tertiary/aromatic N) is 3. The number of ether oxygens (including phenoxy) is 1. The standard InChI is InChI=1S/C14H15N5O/c15-13(16)12-14(18-6-5-17-12)19-7-8-20-11-4-2-1-3-10(11)9-19/h1-6H,7-9H2,(H3,15,16). The predicted molar refractivity (Wildman–Crippen MR) is 76.0 cm³/mol. The highest BCUT2D eigenvalue weighted by Gasteiger charge is 2.20. The molecular formula is C14H15N5O. The Morgan fingerprint density at radius 1 is 1.25 bits per heavy atom. The molecule has 6 heteroatoms. The van der Waals surface area contributed by atoms with Crippen molar-refractivity contribution in [3.8, 4) is 5.75 Å². The van der Waals surface area contributed by atoms with Crippen molar-refractivity contribution in [3.63, 3.8) is 0 Å². The number of hydrogen-bond acceptors (Lipinski definition) is 5. The van der Waals surface area contributed by atoms with E-state index in [2.05, 4.69) is 9.97 Å². The Hall–Kier alpha value is -2.63. The molecule has 0 amide bonds. The van der Waals surface area contributed by atoms with E-state index in [4.69, 9.17) is 15.9 Å². The summed E-state index contributed by atoms with van der Waals surface area (Å²) in [7, 11) is 0. The van der Waals surface area contributed by atoms with Crippen LogP contribution in [-0.4, -0.2) is 29.0 Å². The number of hydrogen-bond donors (Lipinski definition) is 2. The molecule has 1 aromatic carbocycles. The second kappa shape index (κ2) is 5.16. The molecule has 2 aromatic rings. The second-order valence-corrected chi connectivity index (χ2v) is 4.52. The van der Waals surface area contributed by atoms with Gasteiger partial charge in [-0.25, -0.2) is 9.97 Å². The Kier molecular flexibility index (Phi) is 3.20. The fourth-order valence-corrected chi connectivity index (χ4v) is 2.26. The Bertz CT molecular complexity index is 643. The molecule has 1 aromatic heterocycles. The van der Waals surface area contributed by atoms with Crippen LogP contribution in [0.2, 0.25) is 0 Å². The molecule has 0 saturated carbocycles. The molecular weight excluding hydrogens is 254 g/mol. The van der Waals surface area contributed by atoms with Crippen LogP contribution in [-0.2, 0) is 6.54 Å². The van der Waals surface area contributed by atoms with Gasteiger partial charge in [-0.1, -0.05) is 18.2 Å². The third-order valence-corrected chi connectivity index (χ3v) is 3.19. The maximum atomic E-state index is 7.61. The summed E-state index contributed by atoms with van der Waals surface area (Å²) in [5.41, 5.74) is 7.08. The zero-order chi connectivity index (χ0) is 13.9. The highest BCUT2D eigenvalue weighted by atomic mass is 16.5. The van der Waals surface area contributed by atoms with E-state index in [0.717, 1.165) is 11.3 Å². The van der Waals surface area contributed by atoms with Crippen molar-refractivity contribution >= 4 is 11.7 Å². The highest BCUT2D eigenvalue weighted by Crippen LogP contribution is 2.25. The number of benzene rings is 1. The maximum absolute atomic E-state index is 7.61. The molecule has 0 unspecified atom stereocenters. The number of nitrogens with two attached hydrogens (primary N) is 1. The maximum Gasteiger partial charge on any atom is 0.158 e. The average molecular weight is 269 g/mol. The summed E-state index contributed by atoms with van der Waals surface area (Å²) in [5, 5.41) is 7.61. The van der Waals surface area contributed by atoms with Crippen molar-refractivity contribution < 1.29 is 4.74 Å². The molecule has 20 heavy (non-hydrogen) atoms. The van der Waals surface area contributed by atoms with E-state index in [-0.39, 0.29) is 5.84 Å². The van der Waals surface area contributed by atoms with Crippen molar-refractivity contribution in [1.29, 1.82) is 5.41 Å². The largest absolute Gasteiger partial charge is 0.491 e. The average Bonchev–Trinajstić information content (AvgIpc) is 2.69. The van der Waals surface area contributed by atoms with Crippen molar-refractivity contribution in [2.24, 2.45) is 5.73 Å². The minimum absolute atomic E-state index is 0.0773. The molecule has 0 saturated heterocycles. The fourth-order valence-electron chi connectivity index (χ4n) is 2.26. The van der Waals surface area contributed by atoms with Crippen LogP contribution in [0.25, 0.3) is 0 Å². The third kappa shape index (κ3) is 2.27. The minimum Gasteiger partial charge on any atom is -0.491 e. The molecule has 1 aliphatic heterocycles. The SMILES string of the molecule is N=C(N)c1nccnc1N1CCOc2ccccc2C1. The van der Waals surface area contributed by atoms with Crippen LogP contribution in [0.15, 0.2) is 36.7 Å². The van der Waals surface area contributed by atoms with E-state index in [0.29, 0.717) is 31.2 Å². The Morgan fingerprint density at radius 2 is 2.05 bits per heavy atom. The first-order chi connectivity index (χ1) is 9.75. The monoisotopic (exact) mass is 269 g/mol. The van der Waals surface area contributed by atoms with Gasteiger partial charge in [0.05, 0.1) is 6.54 Å². The van der Waals surface area contributed by atoms with Crippen LogP contribution in [0, 0.1) is 5.41 Å². The number of para-hydroxylation sites is 1. The zero-order valence-electron chi connectivity index (χ0n) is 10.9. The van der Waals surface area contributed by atoms with Gasteiger partial charge >= 0.3 is 0 Å². The second-order valence-electron chi connectivity index (χ2n) is 4.52. The van der Waals surface area contributed by atoms with Crippen LogP contribution >= 0.6 is 0 Å². The number of rotatable bonds is 2. The van der Waals surface area contributed by atoms with Crippen molar-refractivity contribution in [2.75, 3.05) is 18.1 Å². The van der Waals surface area contributed by atoms with Crippen LogP contribution in [0.1, 0.15) is 11.3 Å². The summed E-state index contributed by atoms with van der Waals surface area (Å²) in [6.45, 7) is 1.90.